The van der Waals surface area contributed by atoms with Crippen LogP contribution in [0, 0.1) is 0 Å². The summed E-state index contributed by atoms with van der Waals surface area (Å²) in [4.78, 5) is 16.4. The smallest absolute Gasteiger partial charge is 0.317 e. The molecule has 144 valence electrons. The van der Waals surface area contributed by atoms with E-state index in [2.05, 4.69) is 53.5 Å². The second-order valence-corrected chi connectivity index (χ2v) is 7.12. The molecule has 5 heteroatoms. The van der Waals surface area contributed by atoms with Crippen LogP contribution in [0.1, 0.15) is 24.0 Å². The Morgan fingerprint density at radius 1 is 1.11 bits per heavy atom. The molecule has 1 atom stereocenters. The molecule has 0 radical (unpaired) electrons. The molecule has 3 rings (SSSR count). The van der Waals surface area contributed by atoms with Crippen LogP contribution in [0.2, 0.25) is 0 Å². The number of anilines is 1. The van der Waals surface area contributed by atoms with Gasteiger partial charge in [0.2, 0.25) is 0 Å². The van der Waals surface area contributed by atoms with E-state index in [-0.39, 0.29) is 11.9 Å². The highest BCUT2D eigenvalue weighted by molar-refractivity contribution is 5.74. The molecule has 1 aliphatic heterocycles. The van der Waals surface area contributed by atoms with E-state index in [1.54, 1.807) is 4.90 Å². The van der Waals surface area contributed by atoms with Gasteiger partial charge in [-0.2, -0.15) is 0 Å². The number of amides is 2. The molecule has 0 aromatic heterocycles. The molecule has 0 spiro atoms. The molecule has 1 saturated heterocycles. The molecule has 1 aliphatic rings. The standard InChI is InChI=1S/C22H29N3O2/c1-18(20-6-4-3-5-7-20)16-23-22(26)24(2)17-19-8-10-21(11-9-19)25-12-14-27-15-13-25/h3-11,18H,12-17H2,1-2H3,(H,23,26). The summed E-state index contributed by atoms with van der Waals surface area (Å²) < 4.78 is 5.40. The number of carbonyl (C=O) groups excluding carboxylic acids is 1. The lowest BCUT2D eigenvalue weighted by atomic mass is 10.0. The number of morpholine rings is 1. The molecule has 1 N–H and O–H groups in total. The van der Waals surface area contributed by atoms with Crippen molar-refractivity contribution in [3.63, 3.8) is 0 Å². The first-order valence-corrected chi connectivity index (χ1v) is 9.59. The van der Waals surface area contributed by atoms with Gasteiger partial charge in [-0.3, -0.25) is 0 Å². The van der Waals surface area contributed by atoms with Crippen molar-refractivity contribution in [2.45, 2.75) is 19.4 Å². The third-order valence-corrected chi connectivity index (χ3v) is 5.01. The third-order valence-electron chi connectivity index (χ3n) is 5.01. The number of hydrogen-bond acceptors (Lipinski definition) is 3. The number of carbonyl (C=O) groups is 1. The van der Waals surface area contributed by atoms with Gasteiger partial charge >= 0.3 is 6.03 Å². The molecule has 5 nitrogen and oxygen atoms in total. The van der Waals surface area contributed by atoms with Crippen LogP contribution in [-0.4, -0.2) is 50.8 Å². The highest BCUT2D eigenvalue weighted by Crippen LogP contribution is 2.17. The van der Waals surface area contributed by atoms with Gasteiger partial charge in [0.25, 0.3) is 0 Å². The zero-order chi connectivity index (χ0) is 19.1. The highest BCUT2D eigenvalue weighted by Gasteiger charge is 2.13. The average molecular weight is 367 g/mol. The molecule has 0 bridgehead atoms. The minimum Gasteiger partial charge on any atom is -0.378 e. The number of benzene rings is 2. The third kappa shape index (κ3) is 5.47. The predicted octanol–water partition coefficient (Wildman–Crippen LogP) is 3.47. The number of nitrogens with one attached hydrogen (secondary N) is 1. The van der Waals surface area contributed by atoms with Crippen LogP contribution in [0.25, 0.3) is 0 Å². The molecule has 2 aromatic carbocycles. The average Bonchev–Trinajstić information content (AvgIpc) is 2.73. The molecular weight excluding hydrogens is 338 g/mol. The molecule has 0 saturated carbocycles. The van der Waals surface area contributed by atoms with Gasteiger partial charge in [0, 0.05) is 38.9 Å². The summed E-state index contributed by atoms with van der Waals surface area (Å²) in [6.07, 6.45) is 0. The zero-order valence-corrected chi connectivity index (χ0v) is 16.2. The van der Waals surface area contributed by atoms with E-state index in [1.807, 2.05) is 25.2 Å². The van der Waals surface area contributed by atoms with Crippen molar-refractivity contribution < 1.29 is 9.53 Å². The van der Waals surface area contributed by atoms with Crippen molar-refractivity contribution >= 4 is 11.7 Å². The van der Waals surface area contributed by atoms with Gasteiger partial charge in [0.05, 0.1) is 13.2 Å². The lowest BCUT2D eigenvalue weighted by Crippen LogP contribution is -2.38. The van der Waals surface area contributed by atoms with Gasteiger partial charge in [0.1, 0.15) is 0 Å². The summed E-state index contributed by atoms with van der Waals surface area (Å²) in [5, 5.41) is 3.03. The number of hydrogen-bond donors (Lipinski definition) is 1. The fourth-order valence-electron chi connectivity index (χ4n) is 3.25. The van der Waals surface area contributed by atoms with E-state index in [9.17, 15) is 4.79 Å². The van der Waals surface area contributed by atoms with Gasteiger partial charge in [-0.1, -0.05) is 49.4 Å². The van der Waals surface area contributed by atoms with E-state index in [0.29, 0.717) is 13.1 Å². The molecule has 1 fully saturated rings. The lowest BCUT2D eigenvalue weighted by molar-refractivity contribution is 0.122. The van der Waals surface area contributed by atoms with Crippen LogP contribution in [0.15, 0.2) is 54.6 Å². The minimum absolute atomic E-state index is 0.0463. The van der Waals surface area contributed by atoms with Crippen molar-refractivity contribution in [1.82, 2.24) is 10.2 Å². The largest absolute Gasteiger partial charge is 0.378 e. The first-order chi connectivity index (χ1) is 13.1. The summed E-state index contributed by atoms with van der Waals surface area (Å²) in [7, 11) is 1.83. The van der Waals surface area contributed by atoms with Crippen LogP contribution in [0.4, 0.5) is 10.5 Å². The zero-order valence-electron chi connectivity index (χ0n) is 16.2. The summed E-state index contributed by atoms with van der Waals surface area (Å²) in [6.45, 7) is 6.78. The highest BCUT2D eigenvalue weighted by atomic mass is 16.5. The Morgan fingerprint density at radius 2 is 1.78 bits per heavy atom. The van der Waals surface area contributed by atoms with E-state index in [4.69, 9.17) is 4.74 Å². The predicted molar refractivity (Wildman–Crippen MR) is 109 cm³/mol. The summed E-state index contributed by atoms with van der Waals surface area (Å²) in [6, 6.07) is 18.7. The van der Waals surface area contributed by atoms with Crippen molar-refractivity contribution in [3.8, 4) is 0 Å². The lowest BCUT2D eigenvalue weighted by Gasteiger charge is -2.29. The van der Waals surface area contributed by atoms with Gasteiger partial charge < -0.3 is 19.9 Å². The van der Waals surface area contributed by atoms with Crippen molar-refractivity contribution in [2.75, 3.05) is 44.8 Å². The second kappa shape index (κ2) is 9.42. The fourth-order valence-corrected chi connectivity index (χ4v) is 3.25. The Kier molecular flexibility index (Phi) is 6.71. The molecule has 2 amide bonds. The molecule has 1 heterocycles. The SMILES string of the molecule is CC(CNC(=O)N(C)Cc1ccc(N2CCOCC2)cc1)c1ccccc1. The number of ether oxygens (including phenoxy) is 1. The molecular formula is C22H29N3O2. The van der Waals surface area contributed by atoms with Crippen LogP contribution in [0.5, 0.6) is 0 Å². The maximum atomic E-state index is 12.4. The first kappa shape index (κ1) is 19.2. The van der Waals surface area contributed by atoms with Crippen LogP contribution in [0.3, 0.4) is 0 Å². The van der Waals surface area contributed by atoms with Crippen LogP contribution < -0.4 is 10.2 Å². The summed E-state index contributed by atoms with van der Waals surface area (Å²) >= 11 is 0. The van der Waals surface area contributed by atoms with Gasteiger partial charge in [-0.05, 0) is 29.2 Å². The monoisotopic (exact) mass is 367 g/mol. The van der Waals surface area contributed by atoms with E-state index >= 15 is 0 Å². The molecule has 2 aromatic rings. The molecule has 1 unspecified atom stereocenters. The Labute approximate surface area is 161 Å². The Bertz CT molecular complexity index is 712. The second-order valence-electron chi connectivity index (χ2n) is 7.12. The fraction of sp³-hybridized carbons (Fsp3) is 0.409. The van der Waals surface area contributed by atoms with Gasteiger partial charge in [-0.15, -0.1) is 0 Å². The van der Waals surface area contributed by atoms with Crippen molar-refractivity contribution in [2.24, 2.45) is 0 Å². The van der Waals surface area contributed by atoms with Crippen molar-refractivity contribution in [3.05, 3.63) is 65.7 Å². The summed E-state index contributed by atoms with van der Waals surface area (Å²) in [5.74, 6) is 0.288. The van der Waals surface area contributed by atoms with E-state index < -0.39 is 0 Å². The van der Waals surface area contributed by atoms with E-state index in [1.165, 1.54) is 11.3 Å². The van der Waals surface area contributed by atoms with Gasteiger partial charge in [-0.25, -0.2) is 4.79 Å². The normalized spacial score (nSPS) is 15.3. The molecule has 27 heavy (non-hydrogen) atoms. The Hall–Kier alpha value is -2.53. The van der Waals surface area contributed by atoms with Crippen LogP contribution >= 0.6 is 0 Å². The number of rotatable bonds is 6. The Morgan fingerprint density at radius 3 is 2.44 bits per heavy atom. The Balaban J connectivity index is 1.47. The number of nitrogens with zero attached hydrogens (tertiary/aromatic N) is 2. The minimum atomic E-state index is -0.0463. The van der Waals surface area contributed by atoms with E-state index in [0.717, 1.165) is 31.9 Å². The number of urea groups is 1. The maximum Gasteiger partial charge on any atom is 0.317 e. The topological polar surface area (TPSA) is 44.8 Å². The van der Waals surface area contributed by atoms with Crippen molar-refractivity contribution in [1.29, 1.82) is 0 Å². The summed E-state index contributed by atoms with van der Waals surface area (Å²) in [5.41, 5.74) is 3.57. The molecule has 0 aliphatic carbocycles. The quantitative estimate of drug-likeness (QED) is 0.850. The first-order valence-electron chi connectivity index (χ1n) is 9.59. The maximum absolute atomic E-state index is 12.4. The van der Waals surface area contributed by atoms with Crippen LogP contribution in [-0.2, 0) is 11.3 Å². The van der Waals surface area contributed by atoms with Gasteiger partial charge in [0.15, 0.2) is 0 Å².